The minimum absolute atomic E-state index is 0.339. The molecule has 0 fully saturated rings. The number of methoxy groups -OCH3 is 1. The van der Waals surface area contributed by atoms with Gasteiger partial charge in [0.15, 0.2) is 0 Å². The molecule has 4 N–H and O–H groups in total. The Kier molecular flexibility index (Phi) is 4.93. The highest BCUT2D eigenvalue weighted by atomic mass is 16.5. The van der Waals surface area contributed by atoms with Crippen LogP contribution in [0.3, 0.4) is 0 Å². The molecule has 0 atom stereocenters. The van der Waals surface area contributed by atoms with Crippen LogP contribution in [0.25, 0.3) is 0 Å². The Labute approximate surface area is 132 Å². The number of urea groups is 1. The van der Waals surface area contributed by atoms with Crippen molar-refractivity contribution in [2.45, 2.75) is 0 Å². The highest BCUT2D eigenvalue weighted by Gasteiger charge is 2.09. The van der Waals surface area contributed by atoms with Crippen molar-refractivity contribution in [3.8, 4) is 0 Å². The molecule has 7 heteroatoms. The molecular weight excluding hydrogens is 298 g/mol. The first kappa shape index (κ1) is 16.0. The van der Waals surface area contributed by atoms with Gasteiger partial charge in [-0.2, -0.15) is 0 Å². The first-order chi connectivity index (χ1) is 11.0. The van der Waals surface area contributed by atoms with E-state index in [0.717, 1.165) is 0 Å². The third-order valence-corrected chi connectivity index (χ3v) is 2.96. The van der Waals surface area contributed by atoms with Crippen molar-refractivity contribution < 1.29 is 19.1 Å². The second kappa shape index (κ2) is 7.08. The molecule has 0 unspecified atom stereocenters. The van der Waals surface area contributed by atoms with Gasteiger partial charge in [-0.05, 0) is 42.5 Å². The molecule has 7 nitrogen and oxygen atoms in total. The van der Waals surface area contributed by atoms with Crippen molar-refractivity contribution in [3.63, 3.8) is 0 Å². The number of hydrogen-bond donors (Lipinski definition) is 3. The number of nitrogens with one attached hydrogen (secondary N) is 2. The van der Waals surface area contributed by atoms with Gasteiger partial charge in [0.05, 0.1) is 12.7 Å². The largest absolute Gasteiger partial charge is 0.465 e. The molecule has 0 aliphatic carbocycles. The van der Waals surface area contributed by atoms with E-state index in [-0.39, 0.29) is 5.91 Å². The van der Waals surface area contributed by atoms with Crippen molar-refractivity contribution in [2.24, 2.45) is 5.73 Å². The van der Waals surface area contributed by atoms with E-state index >= 15 is 0 Å². The molecule has 0 aliphatic rings. The van der Waals surface area contributed by atoms with Gasteiger partial charge >= 0.3 is 12.0 Å². The fraction of sp³-hybridized carbons (Fsp3) is 0.0625. The van der Waals surface area contributed by atoms with Gasteiger partial charge in [-0.3, -0.25) is 4.79 Å². The van der Waals surface area contributed by atoms with Gasteiger partial charge in [-0.1, -0.05) is 6.07 Å². The van der Waals surface area contributed by atoms with Crippen molar-refractivity contribution in [1.82, 2.24) is 0 Å². The lowest BCUT2D eigenvalue weighted by atomic mass is 10.1. The van der Waals surface area contributed by atoms with Crippen LogP contribution in [0.1, 0.15) is 20.7 Å². The number of amides is 3. The monoisotopic (exact) mass is 313 g/mol. The summed E-state index contributed by atoms with van der Waals surface area (Å²) in [7, 11) is 1.29. The zero-order chi connectivity index (χ0) is 16.8. The zero-order valence-corrected chi connectivity index (χ0v) is 12.3. The number of anilines is 2. The maximum Gasteiger partial charge on any atom is 0.337 e. The number of esters is 1. The molecule has 0 aromatic heterocycles. The van der Waals surface area contributed by atoms with Gasteiger partial charge in [-0.25, -0.2) is 9.59 Å². The van der Waals surface area contributed by atoms with E-state index in [0.29, 0.717) is 22.5 Å². The highest BCUT2D eigenvalue weighted by molar-refractivity contribution is 6.05. The Hall–Kier alpha value is -3.35. The maximum atomic E-state index is 12.2. The van der Waals surface area contributed by atoms with Crippen LogP contribution in [0.15, 0.2) is 48.5 Å². The third-order valence-electron chi connectivity index (χ3n) is 2.96. The van der Waals surface area contributed by atoms with Gasteiger partial charge in [0.2, 0.25) is 0 Å². The molecule has 0 heterocycles. The summed E-state index contributed by atoms with van der Waals surface area (Å²) in [4.78, 5) is 34.4. The van der Waals surface area contributed by atoms with E-state index < -0.39 is 12.0 Å². The maximum absolute atomic E-state index is 12.2. The predicted octanol–water partition coefficient (Wildman–Crippen LogP) is 2.22. The molecule has 2 aromatic rings. The summed E-state index contributed by atoms with van der Waals surface area (Å²) in [5.74, 6) is -0.833. The number of ether oxygens (including phenoxy) is 1. The smallest absolute Gasteiger partial charge is 0.337 e. The van der Waals surface area contributed by atoms with Crippen LogP contribution in [0.5, 0.6) is 0 Å². The van der Waals surface area contributed by atoms with E-state index in [4.69, 9.17) is 5.73 Å². The summed E-state index contributed by atoms with van der Waals surface area (Å²) in [5.41, 5.74) is 6.70. The topological polar surface area (TPSA) is 111 Å². The number of benzene rings is 2. The molecule has 0 spiro atoms. The van der Waals surface area contributed by atoms with Crippen molar-refractivity contribution in [3.05, 3.63) is 59.7 Å². The fourth-order valence-electron chi connectivity index (χ4n) is 1.89. The summed E-state index contributed by atoms with van der Waals surface area (Å²) in [6.07, 6.45) is 0. The minimum atomic E-state index is -0.679. The van der Waals surface area contributed by atoms with Crippen LogP contribution in [0, 0.1) is 0 Å². The Morgan fingerprint density at radius 3 is 2.22 bits per heavy atom. The number of carbonyl (C=O) groups excluding carboxylic acids is 3. The lowest BCUT2D eigenvalue weighted by Gasteiger charge is -2.08. The average molecular weight is 313 g/mol. The van der Waals surface area contributed by atoms with Gasteiger partial charge < -0.3 is 21.1 Å². The van der Waals surface area contributed by atoms with E-state index in [2.05, 4.69) is 15.4 Å². The summed E-state index contributed by atoms with van der Waals surface area (Å²) >= 11 is 0. The van der Waals surface area contributed by atoms with Gasteiger partial charge in [0.1, 0.15) is 0 Å². The number of hydrogen-bond acceptors (Lipinski definition) is 4. The SMILES string of the molecule is COC(=O)c1cccc(NC(=O)c2ccc(NC(N)=O)cc2)c1. The standard InChI is InChI=1S/C16H15N3O4/c1-23-15(21)11-3-2-4-13(9-11)18-14(20)10-5-7-12(8-6-10)19-16(17)22/h2-9H,1H3,(H,18,20)(H3,17,19,22). The second-order valence-corrected chi connectivity index (χ2v) is 4.59. The zero-order valence-electron chi connectivity index (χ0n) is 12.3. The highest BCUT2D eigenvalue weighted by Crippen LogP contribution is 2.14. The quantitative estimate of drug-likeness (QED) is 0.751. The van der Waals surface area contributed by atoms with E-state index in [9.17, 15) is 14.4 Å². The van der Waals surface area contributed by atoms with Crippen LogP contribution < -0.4 is 16.4 Å². The molecule has 3 amide bonds. The Morgan fingerprint density at radius 2 is 1.61 bits per heavy atom. The predicted molar refractivity (Wildman–Crippen MR) is 85.4 cm³/mol. The van der Waals surface area contributed by atoms with Crippen molar-refractivity contribution in [2.75, 3.05) is 17.7 Å². The lowest BCUT2D eigenvalue weighted by molar-refractivity contribution is 0.0600. The van der Waals surface area contributed by atoms with Crippen molar-refractivity contribution >= 4 is 29.3 Å². The van der Waals surface area contributed by atoms with Crippen LogP contribution in [0.2, 0.25) is 0 Å². The molecule has 0 radical (unpaired) electrons. The van der Waals surface area contributed by atoms with E-state index in [1.165, 1.54) is 13.2 Å². The molecule has 2 aromatic carbocycles. The van der Waals surface area contributed by atoms with Crippen LogP contribution in [-0.4, -0.2) is 25.0 Å². The van der Waals surface area contributed by atoms with Crippen LogP contribution >= 0.6 is 0 Å². The van der Waals surface area contributed by atoms with Crippen molar-refractivity contribution in [1.29, 1.82) is 0 Å². The summed E-state index contributed by atoms with van der Waals surface area (Å²) < 4.78 is 4.63. The Morgan fingerprint density at radius 1 is 0.913 bits per heavy atom. The van der Waals surface area contributed by atoms with E-state index in [1.807, 2.05) is 0 Å². The lowest BCUT2D eigenvalue weighted by Crippen LogP contribution is -2.19. The van der Waals surface area contributed by atoms with Gasteiger partial charge in [0, 0.05) is 16.9 Å². The third kappa shape index (κ3) is 4.31. The molecule has 0 aliphatic heterocycles. The minimum Gasteiger partial charge on any atom is -0.465 e. The van der Waals surface area contributed by atoms with E-state index in [1.54, 1.807) is 42.5 Å². The number of carbonyl (C=O) groups is 3. The molecule has 23 heavy (non-hydrogen) atoms. The van der Waals surface area contributed by atoms with Gasteiger partial charge in [0.25, 0.3) is 5.91 Å². The normalized spacial score (nSPS) is 9.78. The summed E-state index contributed by atoms with van der Waals surface area (Å²) in [6.45, 7) is 0. The Bertz CT molecular complexity index is 741. The van der Waals surface area contributed by atoms with Crippen LogP contribution in [0.4, 0.5) is 16.2 Å². The van der Waals surface area contributed by atoms with Gasteiger partial charge in [-0.15, -0.1) is 0 Å². The van der Waals surface area contributed by atoms with Crippen LogP contribution in [-0.2, 0) is 4.74 Å². The molecule has 2 rings (SSSR count). The molecule has 0 saturated carbocycles. The first-order valence-corrected chi connectivity index (χ1v) is 6.66. The fourth-order valence-corrected chi connectivity index (χ4v) is 1.89. The Balaban J connectivity index is 2.09. The number of nitrogens with two attached hydrogens (primary N) is 1. The molecular formula is C16H15N3O4. The first-order valence-electron chi connectivity index (χ1n) is 6.66. The summed E-state index contributed by atoms with van der Waals surface area (Å²) in [5, 5.41) is 5.08. The number of rotatable bonds is 4. The second-order valence-electron chi connectivity index (χ2n) is 4.59. The molecule has 0 saturated heterocycles. The molecule has 0 bridgehead atoms. The average Bonchev–Trinajstić information content (AvgIpc) is 2.54. The summed E-state index contributed by atoms with van der Waals surface area (Å²) in [6, 6.07) is 11.9. The molecule has 118 valence electrons. The number of primary amides is 1.